The van der Waals surface area contributed by atoms with Crippen LogP contribution in [-0.4, -0.2) is 50.5 Å². The third-order valence-corrected chi connectivity index (χ3v) is 11.9. The van der Waals surface area contributed by atoms with Gasteiger partial charge in [0.05, 0.1) is 40.8 Å². The Hall–Kier alpha value is -5.96. The molecule has 9 nitrogen and oxygen atoms in total. The van der Waals surface area contributed by atoms with E-state index in [1.807, 2.05) is 51.5 Å². The molecule has 0 spiro atoms. The van der Waals surface area contributed by atoms with Crippen molar-refractivity contribution in [3.8, 4) is 16.9 Å². The lowest BCUT2D eigenvalue weighted by Crippen LogP contribution is -2.43. The lowest BCUT2D eigenvalue weighted by Gasteiger charge is -2.36. The van der Waals surface area contributed by atoms with Crippen LogP contribution in [0.5, 0.6) is 5.75 Å². The van der Waals surface area contributed by atoms with Crippen molar-refractivity contribution in [2.24, 2.45) is 7.05 Å². The predicted octanol–water partition coefficient (Wildman–Crippen LogP) is 9.41. The zero-order chi connectivity index (χ0) is 38.7. The number of aryl methyl sites for hydroxylation is 6. The molecular formula is C46H48N6O3. The number of ether oxygens (including phenoxy) is 1. The Labute approximate surface area is 322 Å². The van der Waals surface area contributed by atoms with E-state index in [0.29, 0.717) is 43.9 Å². The number of rotatable bonds is 9. The van der Waals surface area contributed by atoms with Gasteiger partial charge in [-0.05, 0) is 125 Å². The first-order chi connectivity index (χ1) is 26.5. The third kappa shape index (κ3) is 5.93. The smallest absolute Gasteiger partial charge is 0.275 e. The van der Waals surface area contributed by atoms with Gasteiger partial charge in [0, 0.05) is 53.9 Å². The summed E-state index contributed by atoms with van der Waals surface area (Å²) >= 11 is 0. The van der Waals surface area contributed by atoms with Crippen molar-refractivity contribution in [3.63, 3.8) is 0 Å². The fourth-order valence-electron chi connectivity index (χ4n) is 9.01. The number of benzene rings is 3. The summed E-state index contributed by atoms with van der Waals surface area (Å²) in [5.41, 5.74) is 15.2. The van der Waals surface area contributed by atoms with Crippen molar-refractivity contribution >= 4 is 45.9 Å². The van der Waals surface area contributed by atoms with Gasteiger partial charge in [-0.25, -0.2) is 0 Å². The van der Waals surface area contributed by atoms with Crippen LogP contribution in [0, 0.1) is 47.0 Å². The normalized spacial score (nSPS) is 16.2. The van der Waals surface area contributed by atoms with Crippen molar-refractivity contribution in [1.29, 1.82) is 5.41 Å². The van der Waals surface area contributed by atoms with Crippen molar-refractivity contribution < 1.29 is 14.3 Å². The summed E-state index contributed by atoms with van der Waals surface area (Å²) in [5, 5.41) is 14.5. The van der Waals surface area contributed by atoms with Gasteiger partial charge >= 0.3 is 0 Å². The molecule has 55 heavy (non-hydrogen) atoms. The Morgan fingerprint density at radius 2 is 1.73 bits per heavy atom. The maximum Gasteiger partial charge on any atom is 0.275 e. The molecule has 1 amide bonds. The highest BCUT2D eigenvalue weighted by atomic mass is 16.5. The van der Waals surface area contributed by atoms with Crippen molar-refractivity contribution in [2.75, 3.05) is 18.1 Å². The fourth-order valence-corrected chi connectivity index (χ4v) is 9.01. The van der Waals surface area contributed by atoms with E-state index in [0.717, 1.165) is 85.2 Å². The van der Waals surface area contributed by atoms with Gasteiger partial charge in [-0.2, -0.15) is 5.10 Å². The number of anilines is 1. The quantitative estimate of drug-likeness (QED) is 0.0910. The SMILES string of the molecule is Cc1cc(OCCCc2c3n(c4c(-c5c(C)nn(C)c5C)c(C)ccc24)[C@@H]2C/C(=C\C=C/C=N)Cn4c(C=O)cc5cccc(c54)N(C2)C3=O)cc(C)c1C. The molecule has 0 fully saturated rings. The van der Waals surface area contributed by atoms with Gasteiger partial charge in [0.25, 0.3) is 5.91 Å². The standard InChI is InChI=1S/C46H48N6O3/c1-27-16-17-39-38(14-11-19-55-37-20-28(2)30(4)29(3)21-37)45-46(54)51-25-35(52(45)44(39)41(27)42-31(5)48-49(7)32(42)6)22-33(12-8-9-18-47)24-50-36(26-53)23-34-13-10-15-40(51)43(34)50/h8-10,12-13,15-18,20-21,23,26,35,47H,11,14,19,22,24-25H2,1-7H3/b9-8-,33-12+,47-18?/t35-/m1/s1. The largest absolute Gasteiger partial charge is 0.494 e. The molecule has 8 rings (SSSR count). The number of nitrogens with zero attached hydrogens (tertiary/aromatic N) is 5. The van der Waals surface area contributed by atoms with E-state index in [1.54, 1.807) is 6.08 Å². The highest BCUT2D eigenvalue weighted by Crippen LogP contribution is 2.46. The molecule has 3 aromatic carbocycles. The van der Waals surface area contributed by atoms with Crippen LogP contribution in [0.2, 0.25) is 0 Å². The summed E-state index contributed by atoms with van der Waals surface area (Å²) < 4.78 is 12.7. The second-order valence-corrected chi connectivity index (χ2v) is 15.3. The molecule has 2 bridgehead atoms. The van der Waals surface area contributed by atoms with E-state index < -0.39 is 0 Å². The molecule has 9 heteroatoms. The van der Waals surface area contributed by atoms with E-state index >= 15 is 4.79 Å². The van der Waals surface area contributed by atoms with Gasteiger partial charge in [-0.3, -0.25) is 14.3 Å². The van der Waals surface area contributed by atoms with Crippen molar-refractivity contribution in [3.05, 3.63) is 123 Å². The highest BCUT2D eigenvalue weighted by molar-refractivity contribution is 6.15. The Morgan fingerprint density at radius 1 is 0.945 bits per heavy atom. The van der Waals surface area contributed by atoms with Crippen LogP contribution in [0.25, 0.3) is 32.9 Å². The topological polar surface area (TPSA) is 98.1 Å². The maximum atomic E-state index is 15.4. The number of fused-ring (bicyclic) bond motifs is 7. The number of aromatic nitrogens is 4. The molecule has 1 atom stereocenters. The number of carbonyl (C=O) groups is 2. The summed E-state index contributed by atoms with van der Waals surface area (Å²) in [4.78, 5) is 29.8. The molecule has 0 saturated heterocycles. The molecule has 1 N–H and O–H groups in total. The number of nitrogens with one attached hydrogen (secondary N) is 1. The van der Waals surface area contributed by atoms with Gasteiger partial charge in [-0.15, -0.1) is 0 Å². The molecule has 0 aliphatic carbocycles. The molecule has 6 aromatic rings. The zero-order valence-electron chi connectivity index (χ0n) is 32.8. The van der Waals surface area contributed by atoms with Crippen LogP contribution in [-0.2, 0) is 20.0 Å². The number of amides is 1. The molecule has 2 aliphatic rings. The second-order valence-electron chi connectivity index (χ2n) is 15.3. The van der Waals surface area contributed by atoms with Gasteiger partial charge in [-0.1, -0.05) is 36.4 Å². The number of carbonyl (C=O) groups excluding carboxylic acids is 2. The minimum Gasteiger partial charge on any atom is -0.494 e. The van der Waals surface area contributed by atoms with Gasteiger partial charge in [0.2, 0.25) is 0 Å². The molecular weight excluding hydrogens is 685 g/mol. The van der Waals surface area contributed by atoms with Crippen LogP contribution in [0.4, 0.5) is 5.69 Å². The van der Waals surface area contributed by atoms with E-state index in [2.05, 4.69) is 76.5 Å². The van der Waals surface area contributed by atoms with Gasteiger partial charge < -0.3 is 24.2 Å². The molecule has 5 heterocycles. The van der Waals surface area contributed by atoms with E-state index in [4.69, 9.17) is 15.2 Å². The van der Waals surface area contributed by atoms with Crippen LogP contribution in [0.3, 0.4) is 0 Å². The van der Waals surface area contributed by atoms with E-state index in [-0.39, 0.29) is 11.9 Å². The third-order valence-electron chi connectivity index (χ3n) is 11.9. The Kier molecular flexibility index (Phi) is 9.19. The number of para-hydroxylation sites is 1. The first-order valence-electron chi connectivity index (χ1n) is 19.1. The monoisotopic (exact) mass is 732 g/mol. The summed E-state index contributed by atoms with van der Waals surface area (Å²) in [7, 11) is 1.99. The van der Waals surface area contributed by atoms with E-state index in [9.17, 15) is 4.79 Å². The number of allylic oxidation sites excluding steroid dienone is 4. The van der Waals surface area contributed by atoms with Crippen LogP contribution in [0.1, 0.15) is 79.1 Å². The van der Waals surface area contributed by atoms with Crippen LogP contribution < -0.4 is 9.64 Å². The second kappa shape index (κ2) is 14.0. The van der Waals surface area contributed by atoms with Crippen molar-refractivity contribution in [1.82, 2.24) is 18.9 Å². The van der Waals surface area contributed by atoms with Crippen molar-refractivity contribution in [2.45, 2.75) is 73.4 Å². The first kappa shape index (κ1) is 36.0. The number of hydrogen-bond donors (Lipinski definition) is 1. The molecule has 3 aromatic heterocycles. The summed E-state index contributed by atoms with van der Waals surface area (Å²) in [5.74, 6) is 0.827. The fraction of sp³-hybridized carbons (Fsp3) is 0.304. The van der Waals surface area contributed by atoms with Gasteiger partial charge in [0.15, 0.2) is 6.29 Å². The molecule has 0 radical (unpaired) electrons. The first-order valence-corrected chi connectivity index (χ1v) is 19.1. The lowest BCUT2D eigenvalue weighted by atomic mass is 9.94. The Bertz CT molecular complexity index is 2610. The zero-order valence-corrected chi connectivity index (χ0v) is 32.8. The number of hydrogen-bond acceptors (Lipinski definition) is 5. The summed E-state index contributed by atoms with van der Waals surface area (Å²) in [6, 6.07) is 16.4. The summed E-state index contributed by atoms with van der Waals surface area (Å²) in [6.45, 7) is 14.2. The Morgan fingerprint density at radius 3 is 2.44 bits per heavy atom. The van der Waals surface area contributed by atoms with Crippen LogP contribution >= 0.6 is 0 Å². The minimum absolute atomic E-state index is 0.0413. The molecule has 0 saturated carbocycles. The van der Waals surface area contributed by atoms with Gasteiger partial charge in [0.1, 0.15) is 11.4 Å². The number of aldehydes is 1. The molecule has 280 valence electrons. The minimum atomic E-state index is -0.115. The molecule has 0 unspecified atom stereocenters. The highest BCUT2D eigenvalue weighted by Gasteiger charge is 2.40. The maximum absolute atomic E-state index is 15.4. The van der Waals surface area contributed by atoms with Crippen LogP contribution in [0.15, 0.2) is 72.3 Å². The lowest BCUT2D eigenvalue weighted by molar-refractivity contribution is 0.0955. The van der Waals surface area contributed by atoms with E-state index in [1.165, 1.54) is 22.9 Å². The Balaban J connectivity index is 1.35. The average molecular weight is 733 g/mol. The average Bonchev–Trinajstić information content (AvgIpc) is 3.79. The predicted molar refractivity (Wildman–Crippen MR) is 221 cm³/mol. The summed E-state index contributed by atoms with van der Waals surface area (Å²) in [6.07, 6.45) is 9.88. The molecule has 2 aliphatic heterocycles.